The molecule has 0 bridgehead atoms. The van der Waals surface area contributed by atoms with E-state index in [4.69, 9.17) is 19.9 Å². The lowest BCUT2D eigenvalue weighted by molar-refractivity contribution is 1.07. The van der Waals surface area contributed by atoms with Gasteiger partial charge in [0.2, 0.25) is 0 Å². The molecule has 0 N–H and O–H groups in total. The Morgan fingerprint density at radius 3 is 1.57 bits per heavy atom. The van der Waals surface area contributed by atoms with Crippen LogP contribution in [0.15, 0.2) is 176 Å². The van der Waals surface area contributed by atoms with Crippen LogP contribution in [0.5, 0.6) is 0 Å². The molecule has 0 saturated carbocycles. The number of rotatable bonds is 5. The summed E-state index contributed by atoms with van der Waals surface area (Å²) in [4.78, 5) is 20.5. The van der Waals surface area contributed by atoms with Gasteiger partial charge in [0, 0.05) is 49.5 Å². The fourth-order valence-electron chi connectivity index (χ4n) is 7.28. The number of pyridine rings is 1. The van der Waals surface area contributed by atoms with Gasteiger partial charge in [-0.25, -0.2) is 19.9 Å². The largest absolute Gasteiger partial charge is 0.308 e. The molecule has 5 nitrogen and oxygen atoms in total. The fourth-order valence-corrected chi connectivity index (χ4v) is 7.28. The molecule has 0 radical (unpaired) electrons. The lowest BCUT2D eigenvalue weighted by atomic mass is 9.98. The van der Waals surface area contributed by atoms with E-state index in [-0.39, 0.29) is 0 Å². The molecule has 0 aliphatic heterocycles. The third-order valence-electron chi connectivity index (χ3n) is 9.61. The summed E-state index contributed by atoms with van der Waals surface area (Å²) in [6, 6.07) is 60.9. The summed E-state index contributed by atoms with van der Waals surface area (Å²) in [5.74, 6) is 1.89. The van der Waals surface area contributed by atoms with Gasteiger partial charge in [-0.2, -0.15) is 0 Å². The van der Waals surface area contributed by atoms with E-state index in [2.05, 4.69) is 114 Å². The van der Waals surface area contributed by atoms with E-state index in [1.165, 1.54) is 5.39 Å². The average molecular weight is 652 g/mol. The molecule has 3 heterocycles. The topological polar surface area (TPSA) is 56.5 Å². The van der Waals surface area contributed by atoms with E-state index in [0.717, 1.165) is 71.7 Å². The van der Waals surface area contributed by atoms with Gasteiger partial charge in [0.15, 0.2) is 17.5 Å². The molecule has 0 atom stereocenters. The van der Waals surface area contributed by atoms with Crippen molar-refractivity contribution in [3.63, 3.8) is 0 Å². The standard InChI is InChI=1S/C46H29N5/c1-5-16-30(17-6-1)42-39-29-41-38(28-37(39)34-24-13-14-27-40(34)47-42)35-25-15-26-36(43(35)51(41)33-22-11-4-12-23-33)46-49-44(31-18-7-2-8-19-31)48-45(50-46)32-20-9-3-10-21-32/h1-29H. The molecule has 3 aromatic heterocycles. The zero-order valence-electron chi connectivity index (χ0n) is 27.5. The summed E-state index contributed by atoms with van der Waals surface area (Å²) in [5, 5.41) is 5.68. The zero-order valence-corrected chi connectivity index (χ0v) is 27.5. The maximum Gasteiger partial charge on any atom is 0.166 e. The highest BCUT2D eigenvalue weighted by Crippen LogP contribution is 2.42. The Bertz CT molecular complexity index is 2830. The summed E-state index contributed by atoms with van der Waals surface area (Å²) in [5.41, 5.74) is 9.02. The summed E-state index contributed by atoms with van der Waals surface area (Å²) in [6.45, 7) is 0. The second kappa shape index (κ2) is 11.9. The molecular weight excluding hydrogens is 623 g/mol. The van der Waals surface area contributed by atoms with Crippen LogP contribution in [0.1, 0.15) is 0 Å². The summed E-state index contributed by atoms with van der Waals surface area (Å²) >= 11 is 0. The van der Waals surface area contributed by atoms with E-state index in [9.17, 15) is 0 Å². The zero-order chi connectivity index (χ0) is 33.7. The first-order chi connectivity index (χ1) is 25.3. The van der Waals surface area contributed by atoms with Crippen molar-refractivity contribution in [2.45, 2.75) is 0 Å². The van der Waals surface area contributed by atoms with Crippen LogP contribution in [0.4, 0.5) is 0 Å². The van der Waals surface area contributed by atoms with Gasteiger partial charge in [-0.05, 0) is 41.8 Å². The number of para-hydroxylation sites is 3. The number of aromatic nitrogens is 5. The van der Waals surface area contributed by atoms with Crippen molar-refractivity contribution >= 4 is 43.5 Å². The van der Waals surface area contributed by atoms with Crippen LogP contribution < -0.4 is 0 Å². The minimum Gasteiger partial charge on any atom is -0.308 e. The Morgan fingerprint density at radius 1 is 0.353 bits per heavy atom. The van der Waals surface area contributed by atoms with Crippen LogP contribution in [-0.2, 0) is 0 Å². The Balaban J connectivity index is 1.34. The van der Waals surface area contributed by atoms with Crippen molar-refractivity contribution in [1.29, 1.82) is 0 Å². The highest BCUT2D eigenvalue weighted by Gasteiger charge is 2.22. The summed E-state index contributed by atoms with van der Waals surface area (Å²) < 4.78 is 2.36. The maximum atomic E-state index is 5.24. The molecule has 0 saturated heterocycles. The molecule has 238 valence electrons. The fraction of sp³-hybridized carbons (Fsp3) is 0. The molecule has 7 aromatic carbocycles. The van der Waals surface area contributed by atoms with Crippen LogP contribution >= 0.6 is 0 Å². The van der Waals surface area contributed by atoms with Crippen LogP contribution in [0.2, 0.25) is 0 Å². The van der Waals surface area contributed by atoms with Crippen LogP contribution in [0, 0.1) is 0 Å². The molecule has 0 fully saturated rings. The maximum absolute atomic E-state index is 5.24. The van der Waals surface area contributed by atoms with Crippen LogP contribution in [0.3, 0.4) is 0 Å². The highest BCUT2D eigenvalue weighted by atomic mass is 15.0. The third kappa shape index (κ3) is 4.86. The van der Waals surface area contributed by atoms with E-state index in [1.807, 2.05) is 66.7 Å². The Kier molecular flexibility index (Phi) is 6.74. The summed E-state index contributed by atoms with van der Waals surface area (Å²) in [6.07, 6.45) is 0. The molecule has 0 unspecified atom stereocenters. The number of hydrogen-bond acceptors (Lipinski definition) is 4. The first-order valence-electron chi connectivity index (χ1n) is 17.1. The van der Waals surface area contributed by atoms with Crippen LogP contribution in [-0.4, -0.2) is 24.5 Å². The lowest BCUT2D eigenvalue weighted by Crippen LogP contribution is -2.02. The van der Waals surface area contributed by atoms with Crippen molar-refractivity contribution in [1.82, 2.24) is 24.5 Å². The molecule has 0 aliphatic rings. The second-order valence-electron chi connectivity index (χ2n) is 12.7. The van der Waals surface area contributed by atoms with Crippen molar-refractivity contribution in [3.8, 4) is 51.1 Å². The lowest BCUT2D eigenvalue weighted by Gasteiger charge is -2.13. The first kappa shape index (κ1) is 29.0. The first-order valence-corrected chi connectivity index (χ1v) is 17.1. The van der Waals surface area contributed by atoms with E-state index in [0.29, 0.717) is 17.5 Å². The quantitative estimate of drug-likeness (QED) is 0.174. The molecule has 10 rings (SSSR count). The number of hydrogen-bond donors (Lipinski definition) is 0. The normalized spacial score (nSPS) is 11.5. The van der Waals surface area contributed by atoms with Crippen molar-refractivity contribution < 1.29 is 0 Å². The molecule has 0 spiro atoms. The van der Waals surface area contributed by atoms with Gasteiger partial charge >= 0.3 is 0 Å². The monoisotopic (exact) mass is 651 g/mol. The van der Waals surface area contributed by atoms with Gasteiger partial charge in [0.1, 0.15) is 0 Å². The molecule has 0 aliphatic carbocycles. The van der Waals surface area contributed by atoms with Gasteiger partial charge in [-0.15, -0.1) is 0 Å². The predicted molar refractivity (Wildman–Crippen MR) is 209 cm³/mol. The van der Waals surface area contributed by atoms with E-state index >= 15 is 0 Å². The average Bonchev–Trinajstić information content (AvgIpc) is 3.54. The molecule has 0 amide bonds. The second-order valence-corrected chi connectivity index (χ2v) is 12.7. The van der Waals surface area contributed by atoms with Gasteiger partial charge in [0.25, 0.3) is 0 Å². The molecule has 51 heavy (non-hydrogen) atoms. The molecule has 5 heteroatoms. The van der Waals surface area contributed by atoms with Crippen molar-refractivity contribution in [3.05, 3.63) is 176 Å². The van der Waals surface area contributed by atoms with Gasteiger partial charge in [-0.1, -0.05) is 140 Å². The Labute approximate surface area is 294 Å². The van der Waals surface area contributed by atoms with Crippen LogP contribution in [0.25, 0.3) is 94.6 Å². The van der Waals surface area contributed by atoms with Crippen molar-refractivity contribution in [2.24, 2.45) is 0 Å². The molecule has 10 aromatic rings. The van der Waals surface area contributed by atoms with Crippen molar-refractivity contribution in [2.75, 3.05) is 0 Å². The van der Waals surface area contributed by atoms with Gasteiger partial charge < -0.3 is 4.57 Å². The van der Waals surface area contributed by atoms with Gasteiger partial charge in [0.05, 0.1) is 22.2 Å². The smallest absolute Gasteiger partial charge is 0.166 e. The van der Waals surface area contributed by atoms with E-state index < -0.39 is 0 Å². The Hall–Kier alpha value is -6.98. The highest BCUT2D eigenvalue weighted by molar-refractivity contribution is 6.21. The number of nitrogens with zero attached hydrogens (tertiary/aromatic N) is 5. The van der Waals surface area contributed by atoms with Gasteiger partial charge in [-0.3, -0.25) is 0 Å². The third-order valence-corrected chi connectivity index (χ3v) is 9.61. The number of fused-ring (bicyclic) bond motifs is 6. The summed E-state index contributed by atoms with van der Waals surface area (Å²) in [7, 11) is 0. The predicted octanol–water partition coefficient (Wildman–Crippen LogP) is 11.3. The minimum absolute atomic E-state index is 0.620. The Morgan fingerprint density at radius 2 is 0.902 bits per heavy atom. The minimum atomic E-state index is 0.620. The molecular formula is C46H29N5. The SMILES string of the molecule is c1ccc(-c2nc(-c3ccccc3)nc(-c3cccc4c5cc6c(cc5n(-c5ccccc5)c34)c(-c3ccccc3)nc3ccccc36)n2)cc1. The number of benzene rings is 7. The van der Waals surface area contributed by atoms with E-state index in [1.54, 1.807) is 0 Å².